The maximum Gasteiger partial charge on any atom is 0.123 e. The van der Waals surface area contributed by atoms with E-state index >= 15 is 0 Å². The van der Waals surface area contributed by atoms with Gasteiger partial charge in [0.25, 0.3) is 0 Å². The Morgan fingerprint density at radius 2 is 2.16 bits per heavy atom. The van der Waals surface area contributed by atoms with Gasteiger partial charge < -0.3 is 14.7 Å². The van der Waals surface area contributed by atoms with Crippen molar-refractivity contribution in [2.45, 2.75) is 26.3 Å². The van der Waals surface area contributed by atoms with Crippen LogP contribution >= 0.6 is 0 Å². The molecule has 0 aliphatic rings. The highest BCUT2D eigenvalue weighted by atomic mass is 16.5. The van der Waals surface area contributed by atoms with Crippen LogP contribution < -0.4 is 4.74 Å². The van der Waals surface area contributed by atoms with Crippen molar-refractivity contribution in [1.29, 1.82) is 0 Å². The zero-order valence-corrected chi connectivity index (χ0v) is 12.1. The first-order chi connectivity index (χ1) is 9.21. The molecule has 0 aliphatic heterocycles. The molecule has 1 aromatic rings. The van der Waals surface area contributed by atoms with Gasteiger partial charge in [0.15, 0.2) is 0 Å². The normalized spacial score (nSPS) is 10.2. The smallest absolute Gasteiger partial charge is 0.123 e. The van der Waals surface area contributed by atoms with E-state index in [9.17, 15) is 0 Å². The molecule has 0 saturated heterocycles. The van der Waals surface area contributed by atoms with Crippen LogP contribution in [0, 0.1) is 11.8 Å². The fourth-order valence-electron chi connectivity index (χ4n) is 1.92. The van der Waals surface area contributed by atoms with Crippen LogP contribution in [0.5, 0.6) is 5.75 Å². The zero-order chi connectivity index (χ0) is 14.1. The minimum atomic E-state index is -0.113. The first kappa shape index (κ1) is 15.6. The highest BCUT2D eigenvalue weighted by Crippen LogP contribution is 2.21. The van der Waals surface area contributed by atoms with E-state index in [2.05, 4.69) is 30.7 Å². The fourth-order valence-corrected chi connectivity index (χ4v) is 1.92. The standard InChI is InChI=1S/C16H23NO2/c1-4-5-10-17(2)13-15-12-14(7-6-11-18)8-9-16(15)19-3/h8-9,12,18H,4-5,10-11,13H2,1-3H3. The van der Waals surface area contributed by atoms with Crippen LogP contribution in [0.1, 0.15) is 30.9 Å². The summed E-state index contributed by atoms with van der Waals surface area (Å²) in [5.74, 6) is 6.48. The zero-order valence-electron chi connectivity index (χ0n) is 12.1. The van der Waals surface area contributed by atoms with Crippen LogP contribution in [-0.4, -0.2) is 37.3 Å². The lowest BCUT2D eigenvalue weighted by atomic mass is 10.1. The van der Waals surface area contributed by atoms with Crippen molar-refractivity contribution < 1.29 is 9.84 Å². The van der Waals surface area contributed by atoms with Gasteiger partial charge in [0.05, 0.1) is 7.11 Å². The molecule has 0 spiro atoms. The largest absolute Gasteiger partial charge is 0.496 e. The number of aliphatic hydroxyl groups is 1. The average Bonchev–Trinajstić information content (AvgIpc) is 2.43. The van der Waals surface area contributed by atoms with E-state index in [1.165, 1.54) is 12.8 Å². The summed E-state index contributed by atoms with van der Waals surface area (Å²) in [5, 5.41) is 8.73. The lowest BCUT2D eigenvalue weighted by Gasteiger charge is -2.18. The Morgan fingerprint density at radius 1 is 1.37 bits per heavy atom. The maximum atomic E-state index is 8.73. The van der Waals surface area contributed by atoms with Gasteiger partial charge in [-0.3, -0.25) is 0 Å². The predicted octanol–water partition coefficient (Wildman–Crippen LogP) is 2.27. The molecule has 3 heteroatoms. The Hall–Kier alpha value is -1.50. The van der Waals surface area contributed by atoms with Crippen molar-refractivity contribution in [3.8, 4) is 17.6 Å². The summed E-state index contributed by atoms with van der Waals surface area (Å²) in [6.07, 6.45) is 2.40. The number of methoxy groups -OCH3 is 1. The van der Waals surface area contributed by atoms with Crippen LogP contribution in [0.25, 0.3) is 0 Å². The minimum Gasteiger partial charge on any atom is -0.496 e. The van der Waals surface area contributed by atoms with Crippen molar-refractivity contribution in [1.82, 2.24) is 4.90 Å². The molecule has 104 valence electrons. The number of rotatable bonds is 6. The molecular weight excluding hydrogens is 238 g/mol. The third-order valence-corrected chi connectivity index (χ3v) is 2.93. The van der Waals surface area contributed by atoms with Crippen LogP contribution in [0.4, 0.5) is 0 Å². The van der Waals surface area contributed by atoms with Crippen LogP contribution in [0.3, 0.4) is 0 Å². The second-order valence-electron chi connectivity index (χ2n) is 4.58. The Morgan fingerprint density at radius 3 is 2.79 bits per heavy atom. The SMILES string of the molecule is CCCCN(C)Cc1cc(C#CCO)ccc1OC. The van der Waals surface area contributed by atoms with Gasteiger partial charge in [0, 0.05) is 17.7 Å². The van der Waals surface area contributed by atoms with Gasteiger partial charge in [-0.15, -0.1) is 0 Å². The van der Waals surface area contributed by atoms with E-state index in [1.807, 2.05) is 18.2 Å². The first-order valence-corrected chi connectivity index (χ1v) is 6.66. The molecule has 0 bridgehead atoms. The maximum absolute atomic E-state index is 8.73. The summed E-state index contributed by atoms with van der Waals surface area (Å²) in [6.45, 7) is 4.00. The lowest BCUT2D eigenvalue weighted by molar-refractivity contribution is 0.312. The molecular formula is C16H23NO2. The Balaban J connectivity index is 2.83. The number of hydrogen-bond donors (Lipinski definition) is 1. The van der Waals surface area contributed by atoms with Gasteiger partial charge in [-0.25, -0.2) is 0 Å². The highest BCUT2D eigenvalue weighted by molar-refractivity contribution is 5.44. The van der Waals surface area contributed by atoms with Gasteiger partial charge >= 0.3 is 0 Å². The molecule has 19 heavy (non-hydrogen) atoms. The van der Waals surface area contributed by atoms with Crippen LogP contribution in [0.15, 0.2) is 18.2 Å². The fraction of sp³-hybridized carbons (Fsp3) is 0.500. The molecule has 0 aliphatic carbocycles. The van der Waals surface area contributed by atoms with Crippen molar-refractivity contribution in [3.63, 3.8) is 0 Å². The summed E-state index contributed by atoms with van der Waals surface area (Å²) in [4.78, 5) is 2.28. The number of hydrogen-bond acceptors (Lipinski definition) is 3. The topological polar surface area (TPSA) is 32.7 Å². The molecule has 0 radical (unpaired) electrons. The van der Waals surface area contributed by atoms with Crippen molar-refractivity contribution in [2.75, 3.05) is 27.3 Å². The number of unbranched alkanes of at least 4 members (excludes halogenated alkanes) is 1. The molecule has 0 heterocycles. The van der Waals surface area contributed by atoms with E-state index in [-0.39, 0.29) is 6.61 Å². The average molecular weight is 261 g/mol. The summed E-state index contributed by atoms with van der Waals surface area (Å²) in [6, 6.07) is 5.88. The molecule has 0 aromatic heterocycles. The van der Waals surface area contributed by atoms with E-state index in [4.69, 9.17) is 9.84 Å². The monoisotopic (exact) mass is 261 g/mol. The van der Waals surface area contributed by atoms with Gasteiger partial charge in [-0.1, -0.05) is 25.2 Å². The molecule has 1 N–H and O–H groups in total. The van der Waals surface area contributed by atoms with Crippen LogP contribution in [-0.2, 0) is 6.54 Å². The summed E-state index contributed by atoms with van der Waals surface area (Å²) in [7, 11) is 3.80. The second kappa shape index (κ2) is 8.58. The van der Waals surface area contributed by atoms with Crippen molar-refractivity contribution >= 4 is 0 Å². The Bertz CT molecular complexity index is 446. The molecule has 3 nitrogen and oxygen atoms in total. The van der Waals surface area contributed by atoms with Gasteiger partial charge in [0.1, 0.15) is 12.4 Å². The van der Waals surface area contributed by atoms with Crippen molar-refractivity contribution in [3.05, 3.63) is 29.3 Å². The summed E-state index contributed by atoms with van der Waals surface area (Å²) >= 11 is 0. The van der Waals surface area contributed by atoms with Gasteiger partial charge in [-0.05, 0) is 38.2 Å². The van der Waals surface area contributed by atoms with E-state index in [1.54, 1.807) is 7.11 Å². The van der Waals surface area contributed by atoms with Gasteiger partial charge in [-0.2, -0.15) is 0 Å². The second-order valence-corrected chi connectivity index (χ2v) is 4.58. The number of ether oxygens (including phenoxy) is 1. The molecule has 0 unspecified atom stereocenters. The molecule has 0 atom stereocenters. The molecule has 0 fully saturated rings. The third-order valence-electron chi connectivity index (χ3n) is 2.93. The predicted molar refractivity (Wildman–Crippen MR) is 78.2 cm³/mol. The molecule has 0 saturated carbocycles. The first-order valence-electron chi connectivity index (χ1n) is 6.66. The molecule has 0 amide bonds. The highest BCUT2D eigenvalue weighted by Gasteiger charge is 2.07. The summed E-state index contributed by atoms with van der Waals surface area (Å²) < 4.78 is 5.39. The number of aliphatic hydroxyl groups excluding tert-OH is 1. The van der Waals surface area contributed by atoms with E-state index in [0.717, 1.165) is 30.0 Å². The van der Waals surface area contributed by atoms with Gasteiger partial charge in [0.2, 0.25) is 0 Å². The van der Waals surface area contributed by atoms with Crippen molar-refractivity contribution in [2.24, 2.45) is 0 Å². The number of benzene rings is 1. The quantitative estimate of drug-likeness (QED) is 0.797. The third kappa shape index (κ3) is 5.34. The Labute approximate surface area is 116 Å². The Kier molecular flexibility index (Phi) is 7.02. The lowest BCUT2D eigenvalue weighted by Crippen LogP contribution is -2.19. The molecule has 1 aromatic carbocycles. The van der Waals surface area contributed by atoms with E-state index in [0.29, 0.717) is 0 Å². The minimum absolute atomic E-state index is 0.113. The van der Waals surface area contributed by atoms with E-state index < -0.39 is 0 Å². The van der Waals surface area contributed by atoms with Crippen LogP contribution in [0.2, 0.25) is 0 Å². The molecule has 1 rings (SSSR count). The summed E-state index contributed by atoms with van der Waals surface area (Å²) in [5.41, 5.74) is 2.04. The number of nitrogens with zero attached hydrogens (tertiary/aromatic N) is 1.